The molecule has 31 heavy (non-hydrogen) atoms. The largest absolute Gasteiger partial charge is 0.354 e. The maximum absolute atomic E-state index is 12.3. The number of para-hydroxylation sites is 2. The van der Waals surface area contributed by atoms with Gasteiger partial charge in [0.15, 0.2) is 0 Å². The van der Waals surface area contributed by atoms with Crippen molar-refractivity contribution in [2.75, 3.05) is 18.4 Å². The second-order valence-electron chi connectivity index (χ2n) is 7.00. The molecule has 0 atom stereocenters. The predicted molar refractivity (Wildman–Crippen MR) is 114 cm³/mol. The van der Waals surface area contributed by atoms with E-state index in [-0.39, 0.29) is 25.4 Å². The number of benzene rings is 2. The van der Waals surface area contributed by atoms with Gasteiger partial charge in [0.05, 0.1) is 22.5 Å². The van der Waals surface area contributed by atoms with E-state index in [1.54, 1.807) is 30.3 Å². The molecule has 3 aromatic rings. The molecule has 8 nitrogen and oxygen atoms in total. The lowest BCUT2D eigenvalue weighted by Gasteiger charge is -2.14. The van der Waals surface area contributed by atoms with E-state index < -0.39 is 17.7 Å². The molecule has 0 bridgehead atoms. The van der Waals surface area contributed by atoms with Crippen LogP contribution < -0.4 is 10.6 Å². The summed E-state index contributed by atoms with van der Waals surface area (Å²) >= 11 is 0. The molecule has 0 saturated carbocycles. The molecule has 156 valence electrons. The minimum atomic E-state index is -0.505. The smallest absolute Gasteiger partial charge is 0.262 e. The third-order valence-electron chi connectivity index (χ3n) is 4.91. The minimum absolute atomic E-state index is 0.0495. The Morgan fingerprint density at radius 2 is 1.39 bits per heavy atom. The molecule has 1 aliphatic rings. The van der Waals surface area contributed by atoms with Gasteiger partial charge in [0.25, 0.3) is 11.8 Å². The molecule has 1 aliphatic heterocycles. The molecule has 2 heterocycles. The zero-order valence-corrected chi connectivity index (χ0v) is 16.6. The summed E-state index contributed by atoms with van der Waals surface area (Å²) in [6.45, 7) is -0.302. The molecule has 2 aromatic carbocycles. The van der Waals surface area contributed by atoms with Crippen molar-refractivity contribution < 1.29 is 19.2 Å². The molecule has 2 N–H and O–H groups in total. The number of imide groups is 1. The van der Waals surface area contributed by atoms with E-state index >= 15 is 0 Å². The molecule has 4 amide bonds. The summed E-state index contributed by atoms with van der Waals surface area (Å²) in [4.78, 5) is 50.1. The topological polar surface area (TPSA) is 101 Å². The standard InChI is InChI=1S/C23H20N4O4/c28-20(25-18-9-3-4-10-19(18)26-13-5-6-14-26)11-12-24-21(29)15-27-22(30)16-7-1-2-8-17(16)23(27)31/h1-10,13-14H,11-12,15H2,(H,24,29)(H,25,28). The Morgan fingerprint density at radius 3 is 2.06 bits per heavy atom. The molecule has 0 aliphatic carbocycles. The molecule has 1 aromatic heterocycles. The van der Waals surface area contributed by atoms with Gasteiger partial charge < -0.3 is 15.2 Å². The van der Waals surface area contributed by atoms with Gasteiger partial charge in [-0.05, 0) is 36.4 Å². The van der Waals surface area contributed by atoms with Crippen LogP contribution in [-0.2, 0) is 9.59 Å². The van der Waals surface area contributed by atoms with Crippen LogP contribution in [0.5, 0.6) is 0 Å². The van der Waals surface area contributed by atoms with Crippen LogP contribution in [0.15, 0.2) is 73.1 Å². The van der Waals surface area contributed by atoms with Crippen molar-refractivity contribution in [1.29, 1.82) is 0 Å². The van der Waals surface area contributed by atoms with Gasteiger partial charge in [-0.2, -0.15) is 0 Å². The normalized spacial score (nSPS) is 12.6. The second-order valence-corrected chi connectivity index (χ2v) is 7.00. The lowest BCUT2D eigenvalue weighted by atomic mass is 10.1. The number of rotatable bonds is 7. The average molecular weight is 416 g/mol. The fourth-order valence-electron chi connectivity index (χ4n) is 3.41. The van der Waals surface area contributed by atoms with Crippen LogP contribution in [0.3, 0.4) is 0 Å². The first-order valence-corrected chi connectivity index (χ1v) is 9.79. The van der Waals surface area contributed by atoms with Gasteiger partial charge in [0.1, 0.15) is 6.54 Å². The number of nitrogens with zero attached hydrogens (tertiary/aromatic N) is 2. The number of carbonyl (C=O) groups is 4. The van der Waals surface area contributed by atoms with E-state index in [0.29, 0.717) is 16.8 Å². The number of aromatic nitrogens is 1. The van der Waals surface area contributed by atoms with Gasteiger partial charge in [-0.1, -0.05) is 24.3 Å². The van der Waals surface area contributed by atoms with E-state index in [0.717, 1.165) is 10.6 Å². The molecule has 4 rings (SSSR count). The van der Waals surface area contributed by atoms with Crippen molar-refractivity contribution in [2.24, 2.45) is 0 Å². The lowest BCUT2D eigenvalue weighted by Crippen LogP contribution is -2.41. The van der Waals surface area contributed by atoms with Crippen LogP contribution in [0, 0.1) is 0 Å². The molecular weight excluding hydrogens is 396 g/mol. The molecule has 8 heteroatoms. The highest BCUT2D eigenvalue weighted by molar-refractivity contribution is 6.22. The Morgan fingerprint density at radius 1 is 0.774 bits per heavy atom. The number of amides is 4. The molecule has 0 unspecified atom stereocenters. The van der Waals surface area contributed by atoms with Gasteiger partial charge in [0.2, 0.25) is 11.8 Å². The van der Waals surface area contributed by atoms with E-state index in [9.17, 15) is 19.2 Å². The summed E-state index contributed by atoms with van der Waals surface area (Å²) in [6.07, 6.45) is 3.81. The van der Waals surface area contributed by atoms with Crippen molar-refractivity contribution >= 4 is 29.3 Å². The van der Waals surface area contributed by atoms with Crippen LogP contribution in [0.4, 0.5) is 5.69 Å². The highest BCUT2D eigenvalue weighted by atomic mass is 16.2. The Hall–Kier alpha value is -4.20. The van der Waals surface area contributed by atoms with E-state index in [4.69, 9.17) is 0 Å². The summed E-state index contributed by atoms with van der Waals surface area (Å²) in [5.41, 5.74) is 2.07. The van der Waals surface area contributed by atoms with Crippen molar-refractivity contribution in [3.8, 4) is 5.69 Å². The van der Waals surface area contributed by atoms with Gasteiger partial charge >= 0.3 is 0 Å². The molecular formula is C23H20N4O4. The third kappa shape index (κ3) is 4.23. The van der Waals surface area contributed by atoms with Crippen molar-refractivity contribution in [3.05, 3.63) is 84.2 Å². The number of hydrogen-bond acceptors (Lipinski definition) is 4. The molecule has 0 spiro atoms. The predicted octanol–water partition coefficient (Wildman–Crippen LogP) is 2.22. The fraction of sp³-hybridized carbons (Fsp3) is 0.130. The summed E-state index contributed by atoms with van der Waals surface area (Å²) in [7, 11) is 0. The van der Waals surface area contributed by atoms with Crippen molar-refractivity contribution in [2.45, 2.75) is 6.42 Å². The zero-order chi connectivity index (χ0) is 21.8. The number of hydrogen-bond donors (Lipinski definition) is 2. The monoisotopic (exact) mass is 416 g/mol. The first-order chi connectivity index (χ1) is 15.0. The minimum Gasteiger partial charge on any atom is -0.354 e. The van der Waals surface area contributed by atoms with Gasteiger partial charge in [-0.15, -0.1) is 0 Å². The van der Waals surface area contributed by atoms with E-state index in [2.05, 4.69) is 10.6 Å². The summed E-state index contributed by atoms with van der Waals surface area (Å²) < 4.78 is 1.89. The first-order valence-electron chi connectivity index (χ1n) is 9.79. The van der Waals surface area contributed by atoms with Crippen molar-refractivity contribution in [3.63, 3.8) is 0 Å². The maximum atomic E-state index is 12.3. The number of nitrogens with one attached hydrogen (secondary N) is 2. The second kappa shape index (κ2) is 8.66. The molecule has 0 fully saturated rings. The Balaban J connectivity index is 1.28. The van der Waals surface area contributed by atoms with Gasteiger partial charge in [0, 0.05) is 25.4 Å². The maximum Gasteiger partial charge on any atom is 0.262 e. The Kier molecular flexibility index (Phi) is 5.61. The average Bonchev–Trinajstić information content (AvgIpc) is 3.38. The Labute approximate surface area is 178 Å². The van der Waals surface area contributed by atoms with Gasteiger partial charge in [-0.25, -0.2) is 0 Å². The summed E-state index contributed by atoms with van der Waals surface area (Å²) in [5.74, 6) is -1.75. The van der Waals surface area contributed by atoms with Crippen molar-refractivity contribution in [1.82, 2.24) is 14.8 Å². The molecule has 0 saturated heterocycles. The Bertz CT molecular complexity index is 1120. The van der Waals surface area contributed by atoms with Crippen LogP contribution in [0.25, 0.3) is 5.69 Å². The van der Waals surface area contributed by atoms with E-state index in [1.807, 2.05) is 47.3 Å². The summed E-state index contributed by atoms with van der Waals surface area (Å²) in [6, 6.07) is 17.6. The highest BCUT2D eigenvalue weighted by Gasteiger charge is 2.36. The fourth-order valence-corrected chi connectivity index (χ4v) is 3.41. The van der Waals surface area contributed by atoms with E-state index in [1.165, 1.54) is 0 Å². The zero-order valence-electron chi connectivity index (χ0n) is 16.6. The molecule has 0 radical (unpaired) electrons. The van der Waals surface area contributed by atoms with Gasteiger partial charge in [-0.3, -0.25) is 24.1 Å². The highest BCUT2D eigenvalue weighted by Crippen LogP contribution is 2.22. The van der Waals surface area contributed by atoms with Crippen LogP contribution in [-0.4, -0.2) is 46.2 Å². The van der Waals surface area contributed by atoms with Crippen LogP contribution >= 0.6 is 0 Å². The lowest BCUT2D eigenvalue weighted by molar-refractivity contribution is -0.121. The SMILES string of the molecule is O=C(CN1C(=O)c2ccccc2C1=O)NCCC(=O)Nc1ccccc1-n1cccc1. The quantitative estimate of drug-likeness (QED) is 0.577. The summed E-state index contributed by atoms with van der Waals surface area (Å²) in [5, 5.41) is 5.43. The first kappa shape index (κ1) is 20.1. The number of carbonyl (C=O) groups excluding carboxylic acids is 4. The third-order valence-corrected chi connectivity index (χ3v) is 4.91. The number of fused-ring (bicyclic) bond motifs is 1. The number of anilines is 1. The van der Waals surface area contributed by atoms with Crippen LogP contribution in [0.1, 0.15) is 27.1 Å². The van der Waals surface area contributed by atoms with Crippen LogP contribution in [0.2, 0.25) is 0 Å².